The van der Waals surface area contributed by atoms with Gasteiger partial charge in [0.05, 0.1) is 51.9 Å². The zero-order valence-corrected chi connectivity index (χ0v) is 31.0. The highest BCUT2D eigenvalue weighted by Gasteiger charge is 2.46. The highest BCUT2D eigenvalue weighted by atomic mass is 32.2. The second kappa shape index (κ2) is 14.6. The fourth-order valence-corrected chi connectivity index (χ4v) is 10.9. The summed E-state index contributed by atoms with van der Waals surface area (Å²) in [4.78, 5) is 30.2. The van der Waals surface area contributed by atoms with Gasteiger partial charge in [0.1, 0.15) is 0 Å². The van der Waals surface area contributed by atoms with E-state index in [2.05, 4.69) is 18.5 Å². The van der Waals surface area contributed by atoms with Gasteiger partial charge in [0, 0.05) is 49.2 Å². The molecule has 4 atom stereocenters. The Hall–Kier alpha value is -4.00. The van der Waals surface area contributed by atoms with Crippen LogP contribution in [0.1, 0.15) is 58.9 Å². The summed E-state index contributed by atoms with van der Waals surface area (Å²) in [5, 5.41) is 1.38. The Morgan fingerprint density at radius 1 is 0.863 bits per heavy atom. The predicted molar refractivity (Wildman–Crippen MR) is 194 cm³/mol. The standard InChI is InChI=1S/C36H46N3O10PS/c1-6-11-50(42,12-9-48-32-16-24-7-8-25-14-22(2)20-38(25)35(40)26(24)17-30(32)46-4)13-10-49-33-19-28-27(18-31(33)47-5)36(41)39-21-23(3)15-29(39)34(37-28)51(43,44)45/h16-19,25,29,34,37H,2-3,6-15,20-21H2,1,4-5H3,(H,43,44,45)/t25-,29+,34?,50?/m1/s1. The Balaban J connectivity index is 1.14. The minimum Gasteiger partial charge on any atom is -0.493 e. The molecule has 0 radical (unpaired) electrons. The quantitative estimate of drug-likeness (QED) is 0.160. The number of hydrogen-bond acceptors (Lipinski definition) is 10. The van der Waals surface area contributed by atoms with E-state index < -0.39 is 34.6 Å². The molecule has 0 aliphatic carbocycles. The first-order chi connectivity index (χ1) is 24.2. The first-order valence-electron chi connectivity index (χ1n) is 17.2. The van der Waals surface area contributed by atoms with Crippen LogP contribution in [-0.4, -0.2) is 111 Å². The van der Waals surface area contributed by atoms with E-state index in [1.807, 2.05) is 17.9 Å². The van der Waals surface area contributed by atoms with Crippen LogP contribution < -0.4 is 24.3 Å². The number of rotatable bonds is 13. The third-order valence-electron chi connectivity index (χ3n) is 10.2. The van der Waals surface area contributed by atoms with Gasteiger partial charge in [0.2, 0.25) is 0 Å². The molecule has 0 spiro atoms. The van der Waals surface area contributed by atoms with E-state index in [4.69, 9.17) is 18.9 Å². The van der Waals surface area contributed by atoms with E-state index >= 15 is 0 Å². The topological polar surface area (TPSA) is 161 Å². The van der Waals surface area contributed by atoms with Gasteiger partial charge in [-0.1, -0.05) is 31.2 Å². The van der Waals surface area contributed by atoms with Crippen LogP contribution in [-0.2, 0) is 21.1 Å². The largest absolute Gasteiger partial charge is 0.493 e. The van der Waals surface area contributed by atoms with Crippen molar-refractivity contribution >= 4 is 34.8 Å². The maximum Gasteiger partial charge on any atom is 0.288 e. The molecule has 4 heterocycles. The molecule has 276 valence electrons. The second-order valence-corrected chi connectivity index (χ2v) is 18.7. The van der Waals surface area contributed by atoms with E-state index in [-0.39, 0.29) is 73.2 Å². The van der Waals surface area contributed by atoms with Gasteiger partial charge in [-0.3, -0.25) is 14.1 Å². The number of fused-ring (bicyclic) bond motifs is 4. The van der Waals surface area contributed by atoms with Gasteiger partial charge in [-0.2, -0.15) is 8.42 Å². The lowest BCUT2D eigenvalue weighted by atomic mass is 10.00. The molecule has 4 aliphatic heterocycles. The van der Waals surface area contributed by atoms with Crippen molar-refractivity contribution in [2.45, 2.75) is 56.5 Å². The lowest BCUT2D eigenvalue weighted by Gasteiger charge is -2.26. The molecule has 2 aromatic carbocycles. The summed E-state index contributed by atoms with van der Waals surface area (Å²) in [6, 6.07) is 5.87. The van der Waals surface area contributed by atoms with Crippen molar-refractivity contribution in [1.82, 2.24) is 9.80 Å². The maximum atomic E-state index is 14.1. The summed E-state index contributed by atoms with van der Waals surface area (Å²) in [6.45, 7) is 10.9. The smallest absolute Gasteiger partial charge is 0.288 e. The molecule has 2 aromatic rings. The van der Waals surface area contributed by atoms with Crippen LogP contribution in [0.4, 0.5) is 5.69 Å². The lowest BCUT2D eigenvalue weighted by molar-refractivity contribution is 0.0735. The first kappa shape index (κ1) is 36.8. The number of nitrogens with zero attached hydrogens (tertiary/aromatic N) is 2. The number of amides is 2. The van der Waals surface area contributed by atoms with E-state index in [0.29, 0.717) is 41.8 Å². The number of carbonyl (C=O) groups is 2. The Kier molecular flexibility index (Phi) is 10.5. The molecule has 51 heavy (non-hydrogen) atoms. The molecule has 2 saturated heterocycles. The number of aryl methyl sites for hydroxylation is 1. The van der Waals surface area contributed by atoms with Gasteiger partial charge in [-0.15, -0.1) is 0 Å². The molecular formula is C36H46N3O10PS. The molecule has 2 fully saturated rings. The average Bonchev–Trinajstić information content (AvgIpc) is 3.60. The van der Waals surface area contributed by atoms with E-state index in [1.165, 1.54) is 31.3 Å². The molecule has 6 rings (SSSR count). The summed E-state index contributed by atoms with van der Waals surface area (Å²) in [5.41, 5.74) is 3.60. The van der Waals surface area contributed by atoms with Crippen molar-refractivity contribution in [3.05, 3.63) is 65.3 Å². The fraction of sp³-hybridized carbons (Fsp3) is 0.500. The summed E-state index contributed by atoms with van der Waals surface area (Å²) in [5.74, 6) is 0.966. The van der Waals surface area contributed by atoms with Crippen molar-refractivity contribution in [2.24, 2.45) is 0 Å². The third kappa shape index (κ3) is 7.50. The molecule has 2 amide bonds. The molecule has 0 bridgehead atoms. The van der Waals surface area contributed by atoms with Crippen molar-refractivity contribution in [1.29, 1.82) is 0 Å². The SMILES string of the molecule is C=C1C[C@H]2CCc3cc(OCCP(=O)(CCC)CCOc4cc5c(cc4OC)C(=O)N4CC(=C)C[C@H]4C(S(=O)(=O)O)N5)c(OC)cc3C(=O)N2C1. The zero-order valence-electron chi connectivity index (χ0n) is 29.3. The number of hydrogen-bond donors (Lipinski definition) is 2. The van der Waals surface area contributed by atoms with Crippen molar-refractivity contribution in [3.63, 3.8) is 0 Å². The highest BCUT2D eigenvalue weighted by Crippen LogP contribution is 2.47. The van der Waals surface area contributed by atoms with Crippen LogP contribution in [0, 0.1) is 0 Å². The van der Waals surface area contributed by atoms with Crippen molar-refractivity contribution < 1.29 is 46.1 Å². The highest BCUT2D eigenvalue weighted by molar-refractivity contribution is 7.86. The number of anilines is 1. The molecule has 2 N–H and O–H groups in total. The number of methoxy groups -OCH3 is 2. The monoisotopic (exact) mass is 743 g/mol. The Morgan fingerprint density at radius 3 is 2.08 bits per heavy atom. The molecule has 15 heteroatoms. The summed E-state index contributed by atoms with van der Waals surface area (Å²) < 4.78 is 72.4. The van der Waals surface area contributed by atoms with Gasteiger partial charge in [-0.25, -0.2) is 0 Å². The molecule has 4 aliphatic rings. The first-order valence-corrected chi connectivity index (χ1v) is 21.0. The molecule has 0 aromatic heterocycles. The Bertz CT molecular complexity index is 1910. The Labute approximate surface area is 299 Å². The minimum absolute atomic E-state index is 0.0261. The van der Waals surface area contributed by atoms with Crippen LogP contribution in [0.25, 0.3) is 0 Å². The van der Waals surface area contributed by atoms with Crippen LogP contribution in [0.5, 0.6) is 23.0 Å². The molecule has 2 unspecified atom stereocenters. The molecule has 0 saturated carbocycles. The van der Waals surface area contributed by atoms with E-state index in [9.17, 15) is 27.1 Å². The number of benzene rings is 2. The second-order valence-electron chi connectivity index (χ2n) is 13.7. The maximum absolute atomic E-state index is 14.1. The van der Waals surface area contributed by atoms with E-state index in [1.54, 1.807) is 6.07 Å². The summed E-state index contributed by atoms with van der Waals surface area (Å²) in [7, 11) is -4.44. The van der Waals surface area contributed by atoms with Gasteiger partial charge in [0.25, 0.3) is 21.9 Å². The number of ether oxygens (including phenoxy) is 4. The normalized spacial score (nSPS) is 22.5. The van der Waals surface area contributed by atoms with Gasteiger partial charge < -0.3 is 38.6 Å². The number of nitrogens with one attached hydrogen (secondary N) is 1. The van der Waals surface area contributed by atoms with Crippen LogP contribution in [0.2, 0.25) is 0 Å². The van der Waals surface area contributed by atoms with Crippen molar-refractivity contribution in [3.8, 4) is 23.0 Å². The summed E-state index contributed by atoms with van der Waals surface area (Å²) >= 11 is 0. The Morgan fingerprint density at radius 2 is 1.45 bits per heavy atom. The van der Waals surface area contributed by atoms with Gasteiger partial charge in [0.15, 0.2) is 28.4 Å². The van der Waals surface area contributed by atoms with Crippen LogP contribution in [0.3, 0.4) is 0 Å². The summed E-state index contributed by atoms with van der Waals surface area (Å²) in [6.07, 6.45) is 4.31. The van der Waals surface area contributed by atoms with Crippen LogP contribution in [0.15, 0.2) is 48.6 Å². The van der Waals surface area contributed by atoms with Gasteiger partial charge in [-0.05, 0) is 55.9 Å². The minimum atomic E-state index is -4.61. The lowest BCUT2D eigenvalue weighted by Crippen LogP contribution is -2.47. The number of carbonyl (C=O) groups excluding carboxylic acids is 2. The molecule has 13 nitrogen and oxygen atoms in total. The fourth-order valence-electron chi connectivity index (χ4n) is 7.64. The zero-order chi connectivity index (χ0) is 36.7. The van der Waals surface area contributed by atoms with Gasteiger partial charge >= 0.3 is 0 Å². The van der Waals surface area contributed by atoms with Crippen molar-refractivity contribution in [2.75, 3.05) is 64.3 Å². The predicted octanol–water partition coefficient (Wildman–Crippen LogP) is 5.06. The molecular weight excluding hydrogens is 697 g/mol. The van der Waals surface area contributed by atoms with Crippen LogP contribution >= 0.6 is 7.14 Å². The third-order valence-corrected chi connectivity index (χ3v) is 14.5. The average molecular weight is 744 g/mol. The van der Waals surface area contributed by atoms with E-state index in [0.717, 1.165) is 30.4 Å².